The Hall–Kier alpha value is -2.02. The van der Waals surface area contributed by atoms with E-state index in [1.807, 2.05) is 24.3 Å². The zero-order valence-corrected chi connectivity index (χ0v) is 8.82. The third-order valence-electron chi connectivity index (χ3n) is 2.46. The Balaban J connectivity index is 2.09. The van der Waals surface area contributed by atoms with Crippen molar-refractivity contribution in [1.29, 1.82) is 5.26 Å². The lowest BCUT2D eigenvalue weighted by Gasteiger charge is -2.17. The van der Waals surface area contributed by atoms with Gasteiger partial charge in [0.1, 0.15) is 12.4 Å². The van der Waals surface area contributed by atoms with Crippen LogP contribution in [0, 0.1) is 11.3 Å². The second kappa shape index (κ2) is 4.67. The topological polar surface area (TPSA) is 62.1 Å². The van der Waals surface area contributed by atoms with Gasteiger partial charge in [0.05, 0.1) is 12.5 Å². The molecular weight excluding hydrogens is 204 g/mol. The Morgan fingerprint density at radius 2 is 2.31 bits per heavy atom. The molecule has 4 nitrogen and oxygen atoms in total. The SMILES string of the molecule is N#CCCOc1ccc2c(c1)NC(=O)CC2. The Morgan fingerprint density at radius 3 is 3.12 bits per heavy atom. The van der Waals surface area contributed by atoms with Crippen molar-refractivity contribution in [2.75, 3.05) is 11.9 Å². The first-order valence-electron chi connectivity index (χ1n) is 5.22. The molecule has 2 rings (SSSR count). The number of carbonyl (C=O) groups is 1. The third kappa shape index (κ3) is 2.31. The minimum Gasteiger partial charge on any atom is -0.492 e. The maximum Gasteiger partial charge on any atom is 0.224 e. The van der Waals surface area contributed by atoms with E-state index in [1.165, 1.54) is 0 Å². The largest absolute Gasteiger partial charge is 0.492 e. The fraction of sp³-hybridized carbons (Fsp3) is 0.333. The van der Waals surface area contributed by atoms with Crippen molar-refractivity contribution >= 4 is 11.6 Å². The first-order chi connectivity index (χ1) is 7.79. The molecular formula is C12H12N2O2. The lowest BCUT2D eigenvalue weighted by Crippen LogP contribution is -2.18. The molecule has 1 heterocycles. The van der Waals surface area contributed by atoms with Crippen LogP contribution in [0.1, 0.15) is 18.4 Å². The monoisotopic (exact) mass is 216 g/mol. The van der Waals surface area contributed by atoms with Gasteiger partial charge >= 0.3 is 0 Å². The standard InChI is InChI=1S/C12H12N2O2/c13-6-1-7-16-10-4-2-9-3-5-12(15)14-11(9)8-10/h2,4,8H,1,3,5,7H2,(H,14,15). The second-order valence-corrected chi connectivity index (χ2v) is 3.62. The maximum absolute atomic E-state index is 11.2. The highest BCUT2D eigenvalue weighted by atomic mass is 16.5. The maximum atomic E-state index is 11.2. The van der Waals surface area contributed by atoms with E-state index in [0.29, 0.717) is 25.2 Å². The summed E-state index contributed by atoms with van der Waals surface area (Å²) in [7, 11) is 0. The molecule has 82 valence electrons. The van der Waals surface area contributed by atoms with Gasteiger partial charge in [-0.25, -0.2) is 0 Å². The van der Waals surface area contributed by atoms with Crippen LogP contribution in [0.2, 0.25) is 0 Å². The fourth-order valence-corrected chi connectivity index (χ4v) is 1.66. The fourth-order valence-electron chi connectivity index (χ4n) is 1.66. The summed E-state index contributed by atoms with van der Waals surface area (Å²) in [5.74, 6) is 0.734. The summed E-state index contributed by atoms with van der Waals surface area (Å²) in [5.41, 5.74) is 1.96. The number of ether oxygens (including phenoxy) is 1. The smallest absolute Gasteiger partial charge is 0.224 e. The summed E-state index contributed by atoms with van der Waals surface area (Å²) < 4.78 is 5.37. The number of nitriles is 1. The predicted octanol–water partition coefficient (Wildman–Crippen LogP) is 1.86. The molecule has 0 unspecified atom stereocenters. The van der Waals surface area contributed by atoms with Crippen LogP contribution in [0.15, 0.2) is 18.2 Å². The number of benzene rings is 1. The molecule has 1 N–H and O–H groups in total. The number of carbonyl (C=O) groups excluding carboxylic acids is 1. The first kappa shape index (κ1) is 10.5. The number of hydrogen-bond donors (Lipinski definition) is 1. The Kier molecular flexibility index (Phi) is 3.06. The highest BCUT2D eigenvalue weighted by Gasteiger charge is 2.14. The lowest BCUT2D eigenvalue weighted by atomic mass is 10.0. The number of fused-ring (bicyclic) bond motifs is 1. The van der Waals surface area contributed by atoms with Crippen LogP contribution in [0.25, 0.3) is 0 Å². The van der Waals surface area contributed by atoms with Gasteiger partial charge in [0.25, 0.3) is 0 Å². The van der Waals surface area contributed by atoms with Gasteiger partial charge in [-0.05, 0) is 18.1 Å². The highest BCUT2D eigenvalue weighted by molar-refractivity contribution is 5.94. The van der Waals surface area contributed by atoms with Gasteiger partial charge in [0.15, 0.2) is 0 Å². The van der Waals surface area contributed by atoms with E-state index in [2.05, 4.69) is 5.32 Å². The number of nitrogens with zero attached hydrogens (tertiary/aromatic N) is 1. The minimum atomic E-state index is 0.0432. The second-order valence-electron chi connectivity index (χ2n) is 3.62. The zero-order valence-electron chi connectivity index (χ0n) is 8.82. The van der Waals surface area contributed by atoms with Gasteiger partial charge in [-0.15, -0.1) is 0 Å². The van der Waals surface area contributed by atoms with Crippen LogP contribution in [0.3, 0.4) is 0 Å². The Morgan fingerprint density at radius 1 is 1.44 bits per heavy atom. The van der Waals surface area contributed by atoms with Crippen molar-refractivity contribution in [2.24, 2.45) is 0 Å². The van der Waals surface area contributed by atoms with Gasteiger partial charge in [0, 0.05) is 18.2 Å². The van der Waals surface area contributed by atoms with Crippen LogP contribution in [-0.2, 0) is 11.2 Å². The minimum absolute atomic E-state index is 0.0432. The van der Waals surface area contributed by atoms with Gasteiger partial charge in [-0.3, -0.25) is 4.79 Å². The normalized spacial score (nSPS) is 13.6. The summed E-state index contributed by atoms with van der Waals surface area (Å²) in [4.78, 5) is 11.2. The number of nitrogens with one attached hydrogen (secondary N) is 1. The van der Waals surface area contributed by atoms with Gasteiger partial charge < -0.3 is 10.1 Å². The van der Waals surface area contributed by atoms with Crippen molar-refractivity contribution in [1.82, 2.24) is 0 Å². The van der Waals surface area contributed by atoms with E-state index in [0.717, 1.165) is 17.7 Å². The molecule has 0 fully saturated rings. The molecule has 16 heavy (non-hydrogen) atoms. The molecule has 0 aliphatic carbocycles. The molecule has 0 aromatic heterocycles. The van der Waals surface area contributed by atoms with E-state index in [4.69, 9.17) is 10.00 Å². The van der Waals surface area contributed by atoms with Gasteiger partial charge in [-0.1, -0.05) is 6.07 Å². The summed E-state index contributed by atoms with van der Waals surface area (Å²) in [6.07, 6.45) is 1.69. The van der Waals surface area contributed by atoms with Crippen LogP contribution < -0.4 is 10.1 Å². The van der Waals surface area contributed by atoms with Gasteiger partial charge in [0.2, 0.25) is 5.91 Å². The van der Waals surface area contributed by atoms with Gasteiger partial charge in [-0.2, -0.15) is 5.26 Å². The zero-order chi connectivity index (χ0) is 11.4. The molecule has 4 heteroatoms. The quantitative estimate of drug-likeness (QED) is 0.784. The van der Waals surface area contributed by atoms with Crippen molar-refractivity contribution in [3.8, 4) is 11.8 Å². The van der Waals surface area contributed by atoms with Crippen LogP contribution in [0.4, 0.5) is 5.69 Å². The molecule has 1 aliphatic rings. The number of hydrogen-bond acceptors (Lipinski definition) is 3. The number of rotatable bonds is 3. The molecule has 1 aliphatic heterocycles. The predicted molar refractivity (Wildman–Crippen MR) is 59.1 cm³/mol. The summed E-state index contributed by atoms with van der Waals surface area (Å²) in [5, 5.41) is 11.2. The number of aryl methyl sites for hydroxylation is 1. The summed E-state index contributed by atoms with van der Waals surface area (Å²) in [6, 6.07) is 7.65. The van der Waals surface area contributed by atoms with Crippen molar-refractivity contribution in [3.05, 3.63) is 23.8 Å². The van der Waals surface area contributed by atoms with Crippen molar-refractivity contribution in [2.45, 2.75) is 19.3 Å². The lowest BCUT2D eigenvalue weighted by molar-refractivity contribution is -0.116. The molecule has 0 atom stereocenters. The van der Waals surface area contributed by atoms with Crippen LogP contribution in [0.5, 0.6) is 5.75 Å². The van der Waals surface area contributed by atoms with E-state index in [1.54, 1.807) is 0 Å². The van der Waals surface area contributed by atoms with E-state index >= 15 is 0 Å². The Bertz CT molecular complexity index is 449. The molecule has 0 bridgehead atoms. The third-order valence-corrected chi connectivity index (χ3v) is 2.46. The molecule has 0 radical (unpaired) electrons. The van der Waals surface area contributed by atoms with E-state index in [9.17, 15) is 4.79 Å². The Labute approximate surface area is 93.8 Å². The van der Waals surface area contributed by atoms with E-state index < -0.39 is 0 Å². The number of anilines is 1. The number of amides is 1. The molecule has 1 amide bonds. The van der Waals surface area contributed by atoms with Crippen LogP contribution >= 0.6 is 0 Å². The summed E-state index contributed by atoms with van der Waals surface area (Å²) in [6.45, 7) is 0.378. The van der Waals surface area contributed by atoms with Crippen molar-refractivity contribution < 1.29 is 9.53 Å². The first-order valence-corrected chi connectivity index (χ1v) is 5.22. The average Bonchev–Trinajstić information content (AvgIpc) is 2.29. The average molecular weight is 216 g/mol. The molecule has 0 saturated heterocycles. The summed E-state index contributed by atoms with van der Waals surface area (Å²) >= 11 is 0. The van der Waals surface area contributed by atoms with E-state index in [-0.39, 0.29) is 5.91 Å². The van der Waals surface area contributed by atoms with Crippen LogP contribution in [-0.4, -0.2) is 12.5 Å². The molecule has 1 aromatic rings. The molecule has 0 saturated carbocycles. The van der Waals surface area contributed by atoms with Crippen molar-refractivity contribution in [3.63, 3.8) is 0 Å². The molecule has 0 spiro atoms. The molecule has 1 aromatic carbocycles. The highest BCUT2D eigenvalue weighted by Crippen LogP contribution is 2.27.